The molecule has 1 saturated heterocycles. The minimum atomic E-state index is -0.225. The van der Waals surface area contributed by atoms with Gasteiger partial charge >= 0.3 is 6.03 Å². The molecule has 1 aromatic rings. The molecule has 4 nitrogen and oxygen atoms in total. The van der Waals surface area contributed by atoms with Crippen LogP contribution in [0.4, 0.5) is 10.5 Å². The Hall–Kier alpha value is -0.970. The quantitative estimate of drug-likeness (QED) is 0.803. The van der Waals surface area contributed by atoms with E-state index in [1.165, 1.54) is 0 Å². The van der Waals surface area contributed by atoms with Gasteiger partial charge < -0.3 is 16.0 Å². The molecule has 0 bridgehead atoms. The third-order valence-corrected chi connectivity index (χ3v) is 3.57. The van der Waals surface area contributed by atoms with Crippen LogP contribution in [-0.4, -0.2) is 25.7 Å². The van der Waals surface area contributed by atoms with Crippen molar-refractivity contribution in [1.82, 2.24) is 10.6 Å². The SMILES string of the molecule is O=C(NCC1CCNCC1)Nc1cc(Cl)cc(Cl)c1. The summed E-state index contributed by atoms with van der Waals surface area (Å²) < 4.78 is 0. The first-order chi connectivity index (χ1) is 9.13. The molecular formula is C13H17Cl2N3O. The second-order valence-electron chi connectivity index (χ2n) is 4.69. The van der Waals surface area contributed by atoms with Gasteiger partial charge in [0, 0.05) is 22.3 Å². The maximum Gasteiger partial charge on any atom is 0.319 e. The van der Waals surface area contributed by atoms with Crippen LogP contribution in [0.1, 0.15) is 12.8 Å². The Morgan fingerprint density at radius 2 is 1.84 bits per heavy atom. The molecule has 104 valence electrons. The first kappa shape index (κ1) is 14.4. The topological polar surface area (TPSA) is 53.2 Å². The van der Waals surface area contributed by atoms with Crippen molar-refractivity contribution >= 4 is 34.9 Å². The highest BCUT2D eigenvalue weighted by atomic mass is 35.5. The maximum atomic E-state index is 11.8. The predicted molar refractivity (Wildman–Crippen MR) is 79.1 cm³/mol. The third-order valence-electron chi connectivity index (χ3n) is 3.13. The Labute approximate surface area is 122 Å². The van der Waals surface area contributed by atoms with E-state index in [4.69, 9.17) is 23.2 Å². The number of benzene rings is 1. The molecule has 0 atom stereocenters. The zero-order valence-corrected chi connectivity index (χ0v) is 12.0. The maximum absolute atomic E-state index is 11.8. The van der Waals surface area contributed by atoms with Crippen molar-refractivity contribution in [2.24, 2.45) is 5.92 Å². The van der Waals surface area contributed by atoms with Crippen molar-refractivity contribution in [1.29, 1.82) is 0 Å². The van der Waals surface area contributed by atoms with Gasteiger partial charge in [-0.2, -0.15) is 0 Å². The Kier molecular flexibility index (Phi) is 5.31. The van der Waals surface area contributed by atoms with E-state index in [-0.39, 0.29) is 6.03 Å². The highest BCUT2D eigenvalue weighted by Crippen LogP contribution is 2.22. The van der Waals surface area contributed by atoms with Gasteiger partial charge in [-0.15, -0.1) is 0 Å². The summed E-state index contributed by atoms with van der Waals surface area (Å²) >= 11 is 11.7. The van der Waals surface area contributed by atoms with Crippen LogP contribution in [-0.2, 0) is 0 Å². The molecule has 3 N–H and O–H groups in total. The lowest BCUT2D eigenvalue weighted by Gasteiger charge is -2.22. The van der Waals surface area contributed by atoms with E-state index in [0.717, 1.165) is 25.9 Å². The lowest BCUT2D eigenvalue weighted by Crippen LogP contribution is -2.37. The Balaban J connectivity index is 1.80. The highest BCUT2D eigenvalue weighted by Gasteiger charge is 2.13. The summed E-state index contributed by atoms with van der Waals surface area (Å²) in [6.45, 7) is 2.75. The molecule has 2 rings (SSSR count). The molecule has 0 unspecified atom stereocenters. The number of halogens is 2. The monoisotopic (exact) mass is 301 g/mol. The zero-order valence-electron chi connectivity index (χ0n) is 10.5. The third kappa shape index (κ3) is 4.90. The molecule has 1 aliphatic rings. The van der Waals surface area contributed by atoms with Crippen LogP contribution >= 0.6 is 23.2 Å². The number of urea groups is 1. The molecule has 1 fully saturated rings. The van der Waals surface area contributed by atoms with Gasteiger partial charge in [0.05, 0.1) is 0 Å². The van der Waals surface area contributed by atoms with Crippen molar-refractivity contribution < 1.29 is 4.79 Å². The van der Waals surface area contributed by atoms with Crippen LogP contribution in [0.2, 0.25) is 10.0 Å². The van der Waals surface area contributed by atoms with Crippen molar-refractivity contribution in [2.45, 2.75) is 12.8 Å². The van der Waals surface area contributed by atoms with E-state index < -0.39 is 0 Å². The van der Waals surface area contributed by atoms with Gasteiger partial charge in [-0.05, 0) is 50.0 Å². The molecule has 0 aromatic heterocycles. The first-order valence-electron chi connectivity index (χ1n) is 6.35. The van der Waals surface area contributed by atoms with Crippen molar-refractivity contribution in [3.63, 3.8) is 0 Å². The summed E-state index contributed by atoms with van der Waals surface area (Å²) in [4.78, 5) is 11.8. The van der Waals surface area contributed by atoms with E-state index >= 15 is 0 Å². The van der Waals surface area contributed by atoms with Gasteiger partial charge in [0.1, 0.15) is 0 Å². The van der Waals surface area contributed by atoms with Crippen molar-refractivity contribution in [2.75, 3.05) is 25.0 Å². The van der Waals surface area contributed by atoms with Crippen LogP contribution in [0, 0.1) is 5.92 Å². The van der Waals surface area contributed by atoms with Crippen LogP contribution in [0.3, 0.4) is 0 Å². The summed E-state index contributed by atoms with van der Waals surface area (Å²) in [5.41, 5.74) is 0.598. The number of hydrogen-bond acceptors (Lipinski definition) is 2. The average molecular weight is 302 g/mol. The lowest BCUT2D eigenvalue weighted by molar-refractivity contribution is 0.248. The second kappa shape index (κ2) is 6.98. The Morgan fingerprint density at radius 3 is 2.47 bits per heavy atom. The molecule has 0 radical (unpaired) electrons. The number of rotatable bonds is 3. The molecule has 6 heteroatoms. The Morgan fingerprint density at radius 1 is 1.21 bits per heavy atom. The molecule has 19 heavy (non-hydrogen) atoms. The molecule has 0 saturated carbocycles. The van der Waals surface area contributed by atoms with E-state index in [0.29, 0.717) is 28.2 Å². The smallest absolute Gasteiger partial charge is 0.319 e. The fourth-order valence-corrected chi connectivity index (χ4v) is 2.65. The number of hydrogen-bond donors (Lipinski definition) is 3. The second-order valence-corrected chi connectivity index (χ2v) is 5.56. The fraction of sp³-hybridized carbons (Fsp3) is 0.462. The fourth-order valence-electron chi connectivity index (χ4n) is 2.12. The van der Waals surface area contributed by atoms with E-state index in [1.807, 2.05) is 0 Å². The van der Waals surface area contributed by atoms with E-state index in [1.54, 1.807) is 18.2 Å². The van der Waals surface area contributed by atoms with Gasteiger partial charge in [0.25, 0.3) is 0 Å². The summed E-state index contributed by atoms with van der Waals surface area (Å²) in [6.07, 6.45) is 2.20. The number of piperidine rings is 1. The largest absolute Gasteiger partial charge is 0.338 e. The number of anilines is 1. The number of carbonyl (C=O) groups excluding carboxylic acids is 1. The Bertz CT molecular complexity index is 427. The molecule has 1 aromatic carbocycles. The van der Waals surface area contributed by atoms with Gasteiger partial charge in [-0.3, -0.25) is 0 Å². The van der Waals surface area contributed by atoms with Crippen LogP contribution in [0.5, 0.6) is 0 Å². The molecule has 1 aliphatic heterocycles. The van der Waals surface area contributed by atoms with E-state index in [2.05, 4.69) is 16.0 Å². The van der Waals surface area contributed by atoms with Gasteiger partial charge in [0.15, 0.2) is 0 Å². The summed E-state index contributed by atoms with van der Waals surface area (Å²) in [6, 6.07) is 4.73. The standard InChI is InChI=1S/C13H17Cl2N3O/c14-10-5-11(15)7-12(6-10)18-13(19)17-8-9-1-3-16-4-2-9/h5-7,9,16H,1-4,8H2,(H2,17,18,19). The molecule has 0 spiro atoms. The summed E-state index contributed by atoms with van der Waals surface area (Å²) in [5.74, 6) is 0.551. The normalized spacial score (nSPS) is 16.1. The molecule has 2 amide bonds. The van der Waals surface area contributed by atoms with Gasteiger partial charge in [0.2, 0.25) is 0 Å². The minimum Gasteiger partial charge on any atom is -0.338 e. The summed E-state index contributed by atoms with van der Waals surface area (Å²) in [7, 11) is 0. The molecular weight excluding hydrogens is 285 g/mol. The first-order valence-corrected chi connectivity index (χ1v) is 7.11. The van der Waals surface area contributed by atoms with E-state index in [9.17, 15) is 4.79 Å². The number of nitrogens with one attached hydrogen (secondary N) is 3. The molecule has 0 aliphatic carbocycles. The van der Waals surface area contributed by atoms with Crippen molar-refractivity contribution in [3.8, 4) is 0 Å². The van der Waals surface area contributed by atoms with Crippen LogP contribution < -0.4 is 16.0 Å². The highest BCUT2D eigenvalue weighted by molar-refractivity contribution is 6.35. The average Bonchev–Trinajstić information content (AvgIpc) is 2.36. The summed E-state index contributed by atoms with van der Waals surface area (Å²) in [5, 5.41) is 9.90. The van der Waals surface area contributed by atoms with Crippen LogP contribution in [0.15, 0.2) is 18.2 Å². The van der Waals surface area contributed by atoms with Gasteiger partial charge in [-0.1, -0.05) is 23.2 Å². The van der Waals surface area contributed by atoms with Gasteiger partial charge in [-0.25, -0.2) is 4.79 Å². The lowest BCUT2D eigenvalue weighted by atomic mass is 9.98. The van der Waals surface area contributed by atoms with Crippen LogP contribution in [0.25, 0.3) is 0 Å². The predicted octanol–water partition coefficient (Wildman–Crippen LogP) is 3.11. The number of amides is 2. The zero-order chi connectivity index (χ0) is 13.7. The van der Waals surface area contributed by atoms with Crippen molar-refractivity contribution in [3.05, 3.63) is 28.2 Å². The molecule has 1 heterocycles. The number of carbonyl (C=O) groups is 1. The minimum absolute atomic E-state index is 0.225.